The van der Waals surface area contributed by atoms with Crippen molar-refractivity contribution in [2.24, 2.45) is 0 Å². The number of hydrogen-bond donors (Lipinski definition) is 2. The van der Waals surface area contributed by atoms with Crippen molar-refractivity contribution in [2.45, 2.75) is 6.42 Å². The quantitative estimate of drug-likeness (QED) is 0.740. The van der Waals surface area contributed by atoms with Gasteiger partial charge in [0.05, 0.1) is 18.9 Å². The van der Waals surface area contributed by atoms with Crippen molar-refractivity contribution in [1.82, 2.24) is 9.62 Å². The molecule has 0 spiro atoms. The summed E-state index contributed by atoms with van der Waals surface area (Å²) in [5.74, 6) is -0.216. The molecule has 8 nitrogen and oxygen atoms in total. The molecule has 0 saturated heterocycles. The van der Waals surface area contributed by atoms with E-state index in [9.17, 15) is 18.0 Å². The fourth-order valence-corrected chi connectivity index (χ4v) is 2.24. The lowest BCUT2D eigenvalue weighted by molar-refractivity contribution is -0.116. The number of nitrogens with zero attached hydrogens (tertiary/aromatic N) is 1. The van der Waals surface area contributed by atoms with Crippen LogP contribution in [0.5, 0.6) is 5.75 Å². The summed E-state index contributed by atoms with van der Waals surface area (Å²) < 4.78 is 29.2. The molecule has 0 aliphatic carbocycles. The molecule has 2 N–H and O–H groups in total. The number of rotatable bonds is 7. The molecule has 0 bridgehead atoms. The molecule has 0 saturated carbocycles. The van der Waals surface area contributed by atoms with E-state index in [4.69, 9.17) is 4.74 Å². The molecule has 9 heteroatoms. The van der Waals surface area contributed by atoms with Gasteiger partial charge < -0.3 is 15.0 Å². The fourth-order valence-electron chi connectivity index (χ4n) is 1.77. The zero-order valence-corrected chi connectivity index (χ0v) is 14.4. The predicted octanol–water partition coefficient (Wildman–Crippen LogP) is 0.275. The molecule has 0 unspecified atom stereocenters. The van der Waals surface area contributed by atoms with Gasteiger partial charge in [0.25, 0.3) is 5.91 Å². The molecule has 1 rings (SSSR count). The van der Waals surface area contributed by atoms with E-state index in [0.29, 0.717) is 17.0 Å². The summed E-state index contributed by atoms with van der Waals surface area (Å²) in [6.07, 6.45) is 1.00. The number of benzene rings is 1. The van der Waals surface area contributed by atoms with Crippen molar-refractivity contribution in [3.8, 4) is 5.75 Å². The number of amides is 2. The van der Waals surface area contributed by atoms with Crippen molar-refractivity contribution in [2.75, 3.05) is 39.3 Å². The Kier molecular flexibility index (Phi) is 6.52. The smallest absolute Gasteiger partial charge is 0.257 e. The van der Waals surface area contributed by atoms with E-state index in [2.05, 4.69) is 10.0 Å². The first kappa shape index (κ1) is 18.9. The van der Waals surface area contributed by atoms with Crippen LogP contribution in [0.4, 0.5) is 5.69 Å². The first-order valence-corrected chi connectivity index (χ1v) is 8.67. The minimum absolute atomic E-state index is 0.00427. The first-order valence-electron chi connectivity index (χ1n) is 6.78. The summed E-state index contributed by atoms with van der Waals surface area (Å²) in [4.78, 5) is 25.3. The molecular formula is C14H21N3O5S. The Morgan fingerprint density at radius 3 is 2.43 bits per heavy atom. The van der Waals surface area contributed by atoms with Crippen LogP contribution in [-0.4, -0.2) is 59.1 Å². The fraction of sp³-hybridized carbons (Fsp3) is 0.429. The van der Waals surface area contributed by atoms with E-state index in [1.54, 1.807) is 26.2 Å². The molecule has 0 aliphatic heterocycles. The number of sulfonamides is 1. The Bertz CT molecular complexity index is 686. The van der Waals surface area contributed by atoms with Crippen LogP contribution in [0.25, 0.3) is 0 Å². The zero-order chi connectivity index (χ0) is 17.6. The Morgan fingerprint density at radius 1 is 1.26 bits per heavy atom. The van der Waals surface area contributed by atoms with Crippen molar-refractivity contribution in [3.63, 3.8) is 0 Å². The summed E-state index contributed by atoms with van der Waals surface area (Å²) >= 11 is 0. The molecule has 0 aliphatic rings. The van der Waals surface area contributed by atoms with Gasteiger partial charge in [-0.3, -0.25) is 9.59 Å². The molecular weight excluding hydrogens is 322 g/mol. The highest BCUT2D eigenvalue weighted by molar-refractivity contribution is 7.88. The van der Waals surface area contributed by atoms with Gasteiger partial charge in [0, 0.05) is 32.7 Å². The maximum absolute atomic E-state index is 12.1. The maximum Gasteiger partial charge on any atom is 0.257 e. The largest absolute Gasteiger partial charge is 0.496 e. The number of hydrogen-bond acceptors (Lipinski definition) is 5. The maximum atomic E-state index is 12.1. The van der Waals surface area contributed by atoms with Crippen molar-refractivity contribution >= 4 is 27.5 Å². The van der Waals surface area contributed by atoms with Gasteiger partial charge in [-0.05, 0) is 18.2 Å². The van der Waals surface area contributed by atoms with Gasteiger partial charge in [-0.15, -0.1) is 0 Å². The van der Waals surface area contributed by atoms with Crippen LogP contribution in [0, 0.1) is 0 Å². The van der Waals surface area contributed by atoms with Gasteiger partial charge in [-0.1, -0.05) is 0 Å². The Balaban J connectivity index is 2.79. The number of ether oxygens (including phenoxy) is 1. The van der Waals surface area contributed by atoms with E-state index < -0.39 is 10.0 Å². The Hall–Kier alpha value is -2.13. The minimum atomic E-state index is -3.33. The molecule has 128 valence electrons. The monoisotopic (exact) mass is 343 g/mol. The van der Waals surface area contributed by atoms with E-state index >= 15 is 0 Å². The lowest BCUT2D eigenvalue weighted by Gasteiger charge is -2.15. The third-order valence-corrected chi connectivity index (χ3v) is 3.56. The van der Waals surface area contributed by atoms with Gasteiger partial charge in [-0.2, -0.15) is 0 Å². The molecule has 23 heavy (non-hydrogen) atoms. The summed E-state index contributed by atoms with van der Waals surface area (Å²) in [7, 11) is 1.36. The normalized spacial score (nSPS) is 11.0. The molecule has 1 aromatic rings. The lowest BCUT2D eigenvalue weighted by atomic mass is 10.1. The summed E-state index contributed by atoms with van der Waals surface area (Å²) in [6, 6.07) is 4.71. The lowest BCUT2D eigenvalue weighted by Crippen LogP contribution is -2.26. The van der Waals surface area contributed by atoms with Crippen LogP contribution in [0.2, 0.25) is 0 Å². The average molecular weight is 343 g/mol. The highest BCUT2D eigenvalue weighted by Gasteiger charge is 2.15. The van der Waals surface area contributed by atoms with Gasteiger partial charge in [0.1, 0.15) is 5.75 Å². The van der Waals surface area contributed by atoms with E-state index in [-0.39, 0.29) is 24.8 Å². The molecule has 0 radical (unpaired) electrons. The molecule has 0 atom stereocenters. The van der Waals surface area contributed by atoms with Crippen molar-refractivity contribution in [1.29, 1.82) is 0 Å². The van der Waals surface area contributed by atoms with Crippen LogP contribution < -0.4 is 14.8 Å². The van der Waals surface area contributed by atoms with Crippen LogP contribution >= 0.6 is 0 Å². The minimum Gasteiger partial charge on any atom is -0.496 e. The SMILES string of the molecule is COc1ccc(NC(=O)CCNS(C)(=O)=O)cc1C(=O)N(C)C. The molecule has 0 fully saturated rings. The van der Waals surface area contributed by atoms with Crippen molar-refractivity contribution in [3.05, 3.63) is 23.8 Å². The van der Waals surface area contributed by atoms with Gasteiger partial charge >= 0.3 is 0 Å². The molecule has 0 aromatic heterocycles. The molecule has 1 aromatic carbocycles. The standard InChI is InChI=1S/C14H21N3O5S/c1-17(2)14(19)11-9-10(5-6-12(11)22-3)16-13(18)7-8-15-23(4,20)21/h5-6,9,15H,7-8H2,1-4H3,(H,16,18). The van der Waals surface area contributed by atoms with Crippen molar-refractivity contribution < 1.29 is 22.7 Å². The number of carbonyl (C=O) groups is 2. The topological polar surface area (TPSA) is 105 Å². The summed E-state index contributed by atoms with van der Waals surface area (Å²) in [6.45, 7) is 0.00427. The van der Waals surface area contributed by atoms with E-state index in [0.717, 1.165) is 6.26 Å². The predicted molar refractivity (Wildman–Crippen MR) is 87.1 cm³/mol. The highest BCUT2D eigenvalue weighted by atomic mass is 32.2. The van der Waals surface area contributed by atoms with Gasteiger partial charge in [-0.25, -0.2) is 13.1 Å². The third kappa shape index (κ3) is 6.25. The first-order chi connectivity index (χ1) is 10.6. The third-order valence-electron chi connectivity index (χ3n) is 2.84. The summed E-state index contributed by atoms with van der Waals surface area (Å²) in [5.41, 5.74) is 0.755. The van der Waals surface area contributed by atoms with E-state index in [1.807, 2.05) is 0 Å². The zero-order valence-electron chi connectivity index (χ0n) is 13.5. The van der Waals surface area contributed by atoms with Gasteiger partial charge in [0.2, 0.25) is 15.9 Å². The van der Waals surface area contributed by atoms with Crippen LogP contribution in [-0.2, 0) is 14.8 Å². The average Bonchev–Trinajstić information content (AvgIpc) is 2.44. The van der Waals surface area contributed by atoms with Gasteiger partial charge in [0.15, 0.2) is 0 Å². The number of nitrogens with one attached hydrogen (secondary N) is 2. The number of carbonyl (C=O) groups excluding carboxylic acids is 2. The second-order valence-corrected chi connectivity index (χ2v) is 6.91. The van der Waals surface area contributed by atoms with Crippen LogP contribution in [0.3, 0.4) is 0 Å². The number of methoxy groups -OCH3 is 1. The molecule has 2 amide bonds. The molecule has 0 heterocycles. The highest BCUT2D eigenvalue weighted by Crippen LogP contribution is 2.23. The number of anilines is 1. The van der Waals surface area contributed by atoms with Crippen LogP contribution in [0.15, 0.2) is 18.2 Å². The second-order valence-electron chi connectivity index (χ2n) is 5.08. The summed E-state index contributed by atoms with van der Waals surface area (Å²) in [5, 5.41) is 2.61. The van der Waals surface area contributed by atoms with Crippen LogP contribution in [0.1, 0.15) is 16.8 Å². The Labute approximate surface area is 135 Å². The second kappa shape index (κ2) is 7.93. The Morgan fingerprint density at radius 2 is 1.91 bits per heavy atom. The van der Waals surface area contributed by atoms with E-state index in [1.165, 1.54) is 18.1 Å².